The van der Waals surface area contributed by atoms with Gasteiger partial charge in [0.25, 0.3) is 0 Å². The summed E-state index contributed by atoms with van der Waals surface area (Å²) in [6.07, 6.45) is 0. The van der Waals surface area contributed by atoms with Gasteiger partial charge < -0.3 is 11.1 Å². The van der Waals surface area contributed by atoms with E-state index < -0.39 is 6.04 Å². The number of benzene rings is 1. The molecule has 1 aromatic carbocycles. The number of anilines is 1. The molecule has 0 radical (unpaired) electrons. The number of nitrogens with two attached hydrogens (primary N) is 1. The predicted octanol–water partition coefficient (Wildman–Crippen LogP) is 2.95. The number of amides is 1. The van der Waals surface area contributed by atoms with E-state index in [0.717, 1.165) is 10.2 Å². The highest BCUT2D eigenvalue weighted by molar-refractivity contribution is 7.22. The van der Waals surface area contributed by atoms with Crippen LogP contribution in [0, 0.1) is 12.8 Å². The summed E-state index contributed by atoms with van der Waals surface area (Å²) in [6.45, 7) is 5.88. The minimum absolute atomic E-state index is 0. The maximum Gasteiger partial charge on any atom is 0.243 e. The summed E-state index contributed by atoms with van der Waals surface area (Å²) in [7, 11) is 0. The average Bonchev–Trinajstić information content (AvgIpc) is 2.68. The summed E-state index contributed by atoms with van der Waals surface area (Å²) in [5.41, 5.74) is 7.88. The molecule has 19 heavy (non-hydrogen) atoms. The van der Waals surface area contributed by atoms with E-state index in [2.05, 4.69) is 16.4 Å². The zero-order valence-electron chi connectivity index (χ0n) is 11.1. The molecular weight excluding hydrogens is 282 g/mol. The van der Waals surface area contributed by atoms with Crippen molar-refractivity contribution in [2.24, 2.45) is 11.7 Å². The van der Waals surface area contributed by atoms with Gasteiger partial charge in [0.15, 0.2) is 5.13 Å². The first kappa shape index (κ1) is 15.9. The smallest absolute Gasteiger partial charge is 0.243 e. The topological polar surface area (TPSA) is 68.0 Å². The molecular formula is C13H18ClN3OS. The molecule has 4 nitrogen and oxygen atoms in total. The van der Waals surface area contributed by atoms with Crippen LogP contribution >= 0.6 is 23.7 Å². The van der Waals surface area contributed by atoms with E-state index >= 15 is 0 Å². The minimum atomic E-state index is -0.501. The lowest BCUT2D eigenvalue weighted by Gasteiger charge is -2.13. The molecule has 0 aliphatic carbocycles. The van der Waals surface area contributed by atoms with Gasteiger partial charge in [0, 0.05) is 0 Å². The van der Waals surface area contributed by atoms with Crippen LogP contribution in [0.4, 0.5) is 5.13 Å². The number of halogens is 1. The van der Waals surface area contributed by atoms with Gasteiger partial charge in [0.1, 0.15) is 0 Å². The standard InChI is InChI=1S/C13H17N3OS.ClH/c1-7(2)11(14)12(17)16-13-15-9-5-4-8(3)6-10(9)18-13;/h4-7,11H,14H2,1-3H3,(H,15,16,17);1H. The quantitative estimate of drug-likeness (QED) is 0.915. The largest absolute Gasteiger partial charge is 0.320 e. The Morgan fingerprint density at radius 3 is 2.74 bits per heavy atom. The molecule has 2 aromatic rings. The third-order valence-corrected chi connectivity index (χ3v) is 3.73. The molecule has 1 unspecified atom stereocenters. The first-order valence-electron chi connectivity index (χ1n) is 5.91. The number of thiazole rings is 1. The van der Waals surface area contributed by atoms with Gasteiger partial charge in [-0.25, -0.2) is 4.98 Å². The fourth-order valence-corrected chi connectivity index (χ4v) is 2.54. The van der Waals surface area contributed by atoms with E-state index in [9.17, 15) is 4.79 Å². The summed E-state index contributed by atoms with van der Waals surface area (Å²) in [6, 6.07) is 5.52. The number of nitrogens with zero attached hydrogens (tertiary/aromatic N) is 1. The van der Waals surface area contributed by atoms with Crippen LogP contribution in [-0.2, 0) is 4.79 Å². The van der Waals surface area contributed by atoms with Crippen molar-refractivity contribution in [2.45, 2.75) is 26.8 Å². The maximum atomic E-state index is 11.8. The van der Waals surface area contributed by atoms with Gasteiger partial charge in [-0.2, -0.15) is 0 Å². The van der Waals surface area contributed by atoms with Gasteiger partial charge in [0.2, 0.25) is 5.91 Å². The van der Waals surface area contributed by atoms with Crippen molar-refractivity contribution in [3.05, 3.63) is 23.8 Å². The summed E-state index contributed by atoms with van der Waals surface area (Å²) in [5.74, 6) is -0.0672. The highest BCUT2D eigenvalue weighted by Crippen LogP contribution is 2.26. The van der Waals surface area contributed by atoms with E-state index in [4.69, 9.17) is 5.73 Å². The summed E-state index contributed by atoms with van der Waals surface area (Å²) < 4.78 is 1.07. The number of aryl methyl sites for hydroxylation is 1. The van der Waals surface area contributed by atoms with Gasteiger partial charge in [-0.1, -0.05) is 31.3 Å². The molecule has 1 heterocycles. The third-order valence-electron chi connectivity index (χ3n) is 2.80. The van der Waals surface area contributed by atoms with Gasteiger partial charge in [0.05, 0.1) is 16.3 Å². The van der Waals surface area contributed by atoms with Crippen LogP contribution in [0.15, 0.2) is 18.2 Å². The van der Waals surface area contributed by atoms with Crippen LogP contribution in [0.1, 0.15) is 19.4 Å². The monoisotopic (exact) mass is 299 g/mol. The number of rotatable bonds is 3. The summed E-state index contributed by atoms with van der Waals surface area (Å²) in [5, 5.41) is 3.38. The SMILES string of the molecule is Cc1ccc2nc(NC(=O)C(N)C(C)C)sc2c1.Cl. The van der Waals surface area contributed by atoms with E-state index in [1.54, 1.807) is 0 Å². The van der Waals surface area contributed by atoms with Crippen LogP contribution in [0.3, 0.4) is 0 Å². The molecule has 6 heteroatoms. The molecule has 1 atom stereocenters. The highest BCUT2D eigenvalue weighted by Gasteiger charge is 2.18. The zero-order chi connectivity index (χ0) is 13.3. The predicted molar refractivity (Wildman–Crippen MR) is 83.0 cm³/mol. The number of nitrogens with one attached hydrogen (secondary N) is 1. The summed E-state index contributed by atoms with van der Waals surface area (Å²) >= 11 is 1.47. The van der Waals surface area contributed by atoms with Crippen molar-refractivity contribution < 1.29 is 4.79 Å². The van der Waals surface area contributed by atoms with Gasteiger partial charge >= 0.3 is 0 Å². The second-order valence-corrected chi connectivity index (χ2v) is 5.78. The Kier molecular flexibility index (Phi) is 5.29. The van der Waals surface area contributed by atoms with Crippen LogP contribution in [-0.4, -0.2) is 16.9 Å². The molecule has 0 saturated heterocycles. The molecule has 0 aliphatic heterocycles. The molecule has 0 aliphatic rings. The average molecular weight is 300 g/mol. The van der Waals surface area contributed by atoms with E-state index in [1.165, 1.54) is 16.9 Å². The van der Waals surface area contributed by atoms with E-state index in [1.807, 2.05) is 32.9 Å². The van der Waals surface area contributed by atoms with Crippen LogP contribution < -0.4 is 11.1 Å². The number of carbonyl (C=O) groups excluding carboxylic acids is 1. The lowest BCUT2D eigenvalue weighted by Crippen LogP contribution is -2.39. The Labute approximate surface area is 122 Å². The zero-order valence-corrected chi connectivity index (χ0v) is 12.8. The van der Waals surface area contributed by atoms with E-state index in [-0.39, 0.29) is 24.2 Å². The number of hydrogen-bond acceptors (Lipinski definition) is 4. The Bertz CT molecular complexity index is 582. The normalized spacial score (nSPS) is 12.3. The molecule has 0 saturated carbocycles. The molecule has 104 valence electrons. The van der Waals surface area contributed by atoms with Gasteiger partial charge in [-0.05, 0) is 30.5 Å². The van der Waals surface area contributed by atoms with Gasteiger partial charge in [-0.3, -0.25) is 4.79 Å². The molecule has 3 N–H and O–H groups in total. The lowest BCUT2D eigenvalue weighted by atomic mass is 10.1. The molecule has 1 aromatic heterocycles. The van der Waals surface area contributed by atoms with Crippen molar-refractivity contribution in [3.63, 3.8) is 0 Å². The van der Waals surface area contributed by atoms with E-state index in [0.29, 0.717) is 5.13 Å². The molecule has 0 fully saturated rings. The first-order valence-corrected chi connectivity index (χ1v) is 6.72. The van der Waals surface area contributed by atoms with Gasteiger partial charge in [-0.15, -0.1) is 12.4 Å². The summed E-state index contributed by atoms with van der Waals surface area (Å²) in [4.78, 5) is 16.2. The van der Waals surface area contributed by atoms with Crippen molar-refractivity contribution >= 4 is 45.0 Å². The molecule has 1 amide bonds. The Hall–Kier alpha value is -1.17. The van der Waals surface area contributed by atoms with Crippen molar-refractivity contribution in [2.75, 3.05) is 5.32 Å². The highest BCUT2D eigenvalue weighted by atomic mass is 35.5. The number of hydrogen-bond donors (Lipinski definition) is 2. The number of carbonyl (C=O) groups is 1. The molecule has 2 rings (SSSR count). The Morgan fingerprint density at radius 2 is 2.11 bits per heavy atom. The van der Waals surface area contributed by atoms with Crippen LogP contribution in [0.25, 0.3) is 10.2 Å². The Balaban J connectivity index is 0.00000180. The van der Waals surface area contributed by atoms with Crippen LogP contribution in [0.5, 0.6) is 0 Å². The van der Waals surface area contributed by atoms with Crippen LogP contribution in [0.2, 0.25) is 0 Å². The second kappa shape index (κ2) is 6.32. The Morgan fingerprint density at radius 1 is 1.42 bits per heavy atom. The fourth-order valence-electron chi connectivity index (χ4n) is 1.58. The molecule has 0 spiro atoms. The molecule has 0 bridgehead atoms. The third kappa shape index (κ3) is 3.65. The van der Waals surface area contributed by atoms with Crippen molar-refractivity contribution in [3.8, 4) is 0 Å². The minimum Gasteiger partial charge on any atom is -0.320 e. The first-order chi connectivity index (χ1) is 8.47. The van der Waals surface area contributed by atoms with Crippen molar-refractivity contribution in [1.29, 1.82) is 0 Å². The number of fused-ring (bicyclic) bond motifs is 1. The maximum absolute atomic E-state index is 11.8. The second-order valence-electron chi connectivity index (χ2n) is 4.75. The van der Waals surface area contributed by atoms with Crippen molar-refractivity contribution in [1.82, 2.24) is 4.98 Å². The fraction of sp³-hybridized carbons (Fsp3) is 0.385. The number of aromatic nitrogens is 1. The lowest BCUT2D eigenvalue weighted by molar-refractivity contribution is -0.118.